The van der Waals surface area contributed by atoms with Crippen molar-refractivity contribution in [1.82, 2.24) is 4.90 Å². The molecule has 1 heterocycles. The Kier molecular flexibility index (Phi) is 2.15. The molecule has 0 aromatic carbocycles. The third-order valence-electron chi connectivity index (χ3n) is 6.22. The molecule has 4 rings (SSSR count). The number of hydrogen-bond donors (Lipinski definition) is 0. The number of carbonyl (C=O) groups is 2. The van der Waals surface area contributed by atoms with Crippen molar-refractivity contribution in [2.75, 3.05) is 0 Å². The number of likely N-dealkylation sites (tertiary alicyclic amines) is 1. The van der Waals surface area contributed by atoms with Crippen LogP contribution in [-0.4, -0.2) is 22.8 Å². The van der Waals surface area contributed by atoms with Crippen molar-refractivity contribution < 1.29 is 9.59 Å². The molecular weight excluding hydrogens is 238 g/mol. The van der Waals surface area contributed by atoms with E-state index in [1.807, 2.05) is 20.8 Å². The summed E-state index contributed by atoms with van der Waals surface area (Å²) in [6.45, 7) is 5.75. The van der Waals surface area contributed by atoms with Crippen molar-refractivity contribution >= 4 is 11.8 Å². The zero-order valence-corrected chi connectivity index (χ0v) is 12.1. The fourth-order valence-electron chi connectivity index (χ4n) is 5.57. The molecule has 0 N–H and O–H groups in total. The highest BCUT2D eigenvalue weighted by Crippen LogP contribution is 2.65. The fraction of sp³-hybridized carbons (Fsp3) is 0.875. The first-order valence-corrected chi connectivity index (χ1v) is 7.79. The molecule has 0 aromatic rings. The van der Waals surface area contributed by atoms with Crippen LogP contribution >= 0.6 is 0 Å². The van der Waals surface area contributed by atoms with Crippen molar-refractivity contribution in [3.05, 3.63) is 0 Å². The van der Waals surface area contributed by atoms with Crippen LogP contribution in [-0.2, 0) is 9.59 Å². The molecule has 0 radical (unpaired) electrons. The van der Waals surface area contributed by atoms with Crippen LogP contribution in [0.1, 0.15) is 46.5 Å². The molecule has 4 fully saturated rings. The van der Waals surface area contributed by atoms with E-state index < -0.39 is 5.41 Å². The van der Waals surface area contributed by atoms with Gasteiger partial charge in [0.1, 0.15) is 0 Å². The van der Waals surface area contributed by atoms with Crippen molar-refractivity contribution in [3.8, 4) is 0 Å². The van der Waals surface area contributed by atoms with E-state index in [0.717, 1.165) is 11.8 Å². The molecule has 19 heavy (non-hydrogen) atoms. The number of nitrogens with zero attached hydrogens (tertiary/aromatic N) is 1. The van der Waals surface area contributed by atoms with Gasteiger partial charge in [0.15, 0.2) is 0 Å². The van der Waals surface area contributed by atoms with Gasteiger partial charge in [0.2, 0.25) is 11.8 Å². The van der Waals surface area contributed by atoms with Crippen molar-refractivity contribution in [3.63, 3.8) is 0 Å². The van der Waals surface area contributed by atoms with Gasteiger partial charge in [0, 0.05) is 5.41 Å². The standard InChI is InChI=1S/C16H23NO2/c1-16(2,3)15(19)17-13-11-7-10(12(13)14(17)18)8-5-4-6-9(8)11/h8-13H,4-7H2,1-3H3. The lowest BCUT2D eigenvalue weighted by Gasteiger charge is -2.52. The maximum atomic E-state index is 12.5. The summed E-state index contributed by atoms with van der Waals surface area (Å²) in [5, 5.41) is 0. The predicted molar refractivity (Wildman–Crippen MR) is 71.0 cm³/mol. The summed E-state index contributed by atoms with van der Waals surface area (Å²) in [6, 6.07) is 0.267. The molecule has 3 saturated carbocycles. The minimum absolute atomic E-state index is 0.0425. The SMILES string of the molecule is CC(C)(C)C(=O)N1C(=O)C2C3CC(C4CCCC43)C21. The molecule has 2 amide bonds. The van der Waals surface area contributed by atoms with Gasteiger partial charge < -0.3 is 0 Å². The van der Waals surface area contributed by atoms with Crippen LogP contribution in [0, 0.1) is 35.0 Å². The highest BCUT2D eigenvalue weighted by atomic mass is 16.2. The van der Waals surface area contributed by atoms with Gasteiger partial charge in [-0.25, -0.2) is 0 Å². The van der Waals surface area contributed by atoms with Gasteiger partial charge in [-0.2, -0.15) is 0 Å². The number of rotatable bonds is 0. The third kappa shape index (κ3) is 1.29. The van der Waals surface area contributed by atoms with Crippen LogP contribution in [0.3, 0.4) is 0 Å². The average molecular weight is 261 g/mol. The Morgan fingerprint density at radius 1 is 1.11 bits per heavy atom. The van der Waals surface area contributed by atoms with E-state index in [2.05, 4.69) is 0 Å². The molecule has 1 aliphatic heterocycles. The maximum Gasteiger partial charge on any atom is 0.234 e. The topological polar surface area (TPSA) is 37.4 Å². The fourth-order valence-corrected chi connectivity index (χ4v) is 5.57. The minimum atomic E-state index is -0.433. The van der Waals surface area contributed by atoms with Crippen LogP contribution in [0.4, 0.5) is 0 Å². The smallest absolute Gasteiger partial charge is 0.234 e. The normalized spacial score (nSPS) is 47.1. The second kappa shape index (κ2) is 3.42. The van der Waals surface area contributed by atoms with Crippen LogP contribution in [0.15, 0.2) is 0 Å². The second-order valence-corrected chi connectivity index (χ2v) is 8.10. The summed E-state index contributed by atoms with van der Waals surface area (Å²) in [6.07, 6.45) is 5.21. The lowest BCUT2D eigenvalue weighted by atomic mass is 9.67. The second-order valence-electron chi connectivity index (χ2n) is 8.10. The third-order valence-corrected chi connectivity index (χ3v) is 6.22. The molecule has 3 heteroatoms. The van der Waals surface area contributed by atoms with Gasteiger partial charge in [0.05, 0.1) is 12.0 Å². The molecule has 1 saturated heterocycles. The van der Waals surface area contributed by atoms with E-state index in [1.54, 1.807) is 4.90 Å². The first-order chi connectivity index (χ1) is 8.91. The van der Waals surface area contributed by atoms with Crippen molar-refractivity contribution in [2.24, 2.45) is 35.0 Å². The van der Waals surface area contributed by atoms with Gasteiger partial charge in [0.25, 0.3) is 0 Å². The zero-order chi connectivity index (χ0) is 13.5. The molecule has 6 unspecified atom stereocenters. The Bertz CT molecular complexity index is 464. The lowest BCUT2D eigenvalue weighted by molar-refractivity contribution is -0.177. The Morgan fingerprint density at radius 3 is 2.37 bits per heavy atom. The van der Waals surface area contributed by atoms with Crippen LogP contribution in [0.25, 0.3) is 0 Å². The molecule has 2 bridgehead atoms. The van der Waals surface area contributed by atoms with E-state index in [-0.39, 0.29) is 23.8 Å². The molecule has 3 nitrogen and oxygen atoms in total. The highest BCUT2D eigenvalue weighted by Gasteiger charge is 2.70. The molecule has 0 aromatic heterocycles. The Balaban J connectivity index is 1.63. The number of fused-ring (bicyclic) bond motifs is 8. The average Bonchev–Trinajstić information content (AvgIpc) is 2.95. The maximum absolute atomic E-state index is 12.5. The van der Waals surface area contributed by atoms with E-state index in [1.165, 1.54) is 25.7 Å². The van der Waals surface area contributed by atoms with Crippen LogP contribution < -0.4 is 0 Å². The first kappa shape index (κ1) is 11.9. The van der Waals surface area contributed by atoms with Gasteiger partial charge >= 0.3 is 0 Å². The van der Waals surface area contributed by atoms with E-state index in [4.69, 9.17) is 0 Å². The summed E-state index contributed by atoms with van der Waals surface area (Å²) >= 11 is 0. The van der Waals surface area contributed by atoms with Gasteiger partial charge in [-0.1, -0.05) is 27.2 Å². The Morgan fingerprint density at radius 2 is 1.74 bits per heavy atom. The summed E-state index contributed by atoms with van der Waals surface area (Å²) in [5.41, 5.74) is -0.433. The molecular formula is C16H23NO2. The van der Waals surface area contributed by atoms with Gasteiger partial charge in [-0.15, -0.1) is 0 Å². The van der Waals surface area contributed by atoms with E-state index in [9.17, 15) is 9.59 Å². The van der Waals surface area contributed by atoms with Crippen LogP contribution in [0.5, 0.6) is 0 Å². The van der Waals surface area contributed by atoms with E-state index >= 15 is 0 Å². The quantitative estimate of drug-likeness (QED) is 0.628. The summed E-state index contributed by atoms with van der Waals surface area (Å²) in [7, 11) is 0. The van der Waals surface area contributed by atoms with Crippen molar-refractivity contribution in [1.29, 1.82) is 0 Å². The summed E-state index contributed by atoms with van der Waals surface area (Å²) in [5.74, 6) is 3.25. The number of hydrogen-bond acceptors (Lipinski definition) is 2. The Hall–Kier alpha value is -0.860. The molecule has 6 atom stereocenters. The number of carbonyl (C=O) groups excluding carboxylic acids is 2. The predicted octanol–water partition coefficient (Wildman–Crippen LogP) is 2.45. The lowest BCUT2D eigenvalue weighted by Crippen LogP contribution is -2.68. The largest absolute Gasteiger partial charge is 0.278 e. The number of imide groups is 1. The molecule has 4 aliphatic rings. The monoisotopic (exact) mass is 261 g/mol. The molecule has 3 aliphatic carbocycles. The van der Waals surface area contributed by atoms with E-state index in [0.29, 0.717) is 11.8 Å². The van der Waals surface area contributed by atoms with Crippen molar-refractivity contribution in [2.45, 2.75) is 52.5 Å². The number of β-lactam (4-membered cyclic amide) rings is 1. The zero-order valence-electron chi connectivity index (χ0n) is 12.1. The van der Waals surface area contributed by atoms with Crippen LogP contribution in [0.2, 0.25) is 0 Å². The van der Waals surface area contributed by atoms with Gasteiger partial charge in [-0.3, -0.25) is 14.5 Å². The first-order valence-electron chi connectivity index (χ1n) is 7.79. The summed E-state index contributed by atoms with van der Waals surface area (Å²) < 4.78 is 0. The van der Waals surface area contributed by atoms with Gasteiger partial charge in [-0.05, 0) is 42.9 Å². The highest BCUT2D eigenvalue weighted by molar-refractivity contribution is 6.04. The Labute approximate surface area is 114 Å². The minimum Gasteiger partial charge on any atom is -0.278 e. The molecule has 0 spiro atoms. The number of amides is 2. The molecule has 104 valence electrons. The summed E-state index contributed by atoms with van der Waals surface area (Å²) in [4.78, 5) is 26.5.